The molecule has 158 valence electrons. The molecule has 9 nitrogen and oxygen atoms in total. The molecule has 29 heavy (non-hydrogen) atoms. The summed E-state index contributed by atoms with van der Waals surface area (Å²) >= 11 is 0. The first-order chi connectivity index (χ1) is 14.0. The van der Waals surface area contributed by atoms with Crippen molar-refractivity contribution < 1.29 is 33.3 Å². The Labute approximate surface area is 169 Å². The van der Waals surface area contributed by atoms with E-state index in [0.29, 0.717) is 23.5 Å². The lowest BCUT2D eigenvalue weighted by molar-refractivity contribution is -0.140. The number of methoxy groups -OCH3 is 3. The summed E-state index contributed by atoms with van der Waals surface area (Å²) in [6, 6.07) is 4.99. The van der Waals surface area contributed by atoms with Crippen LogP contribution in [0.3, 0.4) is 0 Å². The minimum absolute atomic E-state index is 0.0144. The van der Waals surface area contributed by atoms with Gasteiger partial charge in [-0.3, -0.25) is 4.79 Å². The van der Waals surface area contributed by atoms with E-state index in [1.54, 1.807) is 18.2 Å². The highest BCUT2D eigenvalue weighted by atomic mass is 16.5. The SMILES string of the molecule is CCCCC(=O)Nc1cc(N2COCC(C(=O)OC)=C2C(=O)OC)ccc1OC. The Morgan fingerprint density at radius 2 is 1.86 bits per heavy atom. The maximum Gasteiger partial charge on any atom is 0.355 e. The second-order valence-electron chi connectivity index (χ2n) is 6.25. The van der Waals surface area contributed by atoms with Crippen molar-refractivity contribution in [3.8, 4) is 5.75 Å². The van der Waals surface area contributed by atoms with Crippen LogP contribution in [0.5, 0.6) is 5.75 Å². The molecule has 0 bridgehead atoms. The third kappa shape index (κ3) is 5.26. The van der Waals surface area contributed by atoms with Gasteiger partial charge in [-0.1, -0.05) is 13.3 Å². The minimum atomic E-state index is -0.696. The standard InChI is InChI=1S/C20H26N2O7/c1-5-6-7-17(23)21-15-10-13(8-9-16(15)26-2)22-12-29-11-14(19(24)27-3)18(22)20(25)28-4/h8-10H,5-7,11-12H2,1-4H3,(H,21,23). The number of nitrogens with zero attached hydrogens (tertiary/aromatic N) is 1. The van der Waals surface area contributed by atoms with E-state index in [-0.39, 0.29) is 30.5 Å². The number of benzene rings is 1. The number of amides is 1. The topological polar surface area (TPSA) is 103 Å². The largest absolute Gasteiger partial charge is 0.495 e. The number of rotatable bonds is 8. The van der Waals surface area contributed by atoms with Gasteiger partial charge in [-0.2, -0.15) is 0 Å². The van der Waals surface area contributed by atoms with E-state index in [9.17, 15) is 14.4 Å². The van der Waals surface area contributed by atoms with Gasteiger partial charge >= 0.3 is 11.9 Å². The van der Waals surface area contributed by atoms with Crippen LogP contribution in [0, 0.1) is 0 Å². The molecule has 0 saturated carbocycles. The van der Waals surface area contributed by atoms with Crippen molar-refractivity contribution >= 4 is 29.2 Å². The lowest BCUT2D eigenvalue weighted by atomic mass is 10.1. The zero-order chi connectivity index (χ0) is 21.4. The maximum absolute atomic E-state index is 12.4. The highest BCUT2D eigenvalue weighted by Crippen LogP contribution is 2.33. The zero-order valence-corrected chi connectivity index (χ0v) is 17.1. The molecule has 9 heteroatoms. The molecule has 0 saturated heterocycles. The van der Waals surface area contributed by atoms with Gasteiger partial charge in [-0.05, 0) is 24.6 Å². The van der Waals surface area contributed by atoms with Crippen LogP contribution in [-0.2, 0) is 28.6 Å². The molecule has 1 heterocycles. The van der Waals surface area contributed by atoms with Crippen LogP contribution in [0.15, 0.2) is 29.5 Å². The quantitative estimate of drug-likeness (QED) is 0.656. The van der Waals surface area contributed by atoms with Crippen molar-refractivity contribution in [3.05, 3.63) is 29.5 Å². The second kappa shape index (κ2) is 10.5. The third-order valence-corrected chi connectivity index (χ3v) is 4.36. The summed E-state index contributed by atoms with van der Waals surface area (Å²) in [6.45, 7) is 1.94. The van der Waals surface area contributed by atoms with E-state index in [1.807, 2.05) is 6.92 Å². The molecular weight excluding hydrogens is 380 g/mol. The minimum Gasteiger partial charge on any atom is -0.495 e. The van der Waals surface area contributed by atoms with Gasteiger partial charge in [0.1, 0.15) is 18.2 Å². The molecule has 0 aliphatic carbocycles. The first-order valence-electron chi connectivity index (χ1n) is 9.19. The fourth-order valence-electron chi connectivity index (χ4n) is 2.86. The van der Waals surface area contributed by atoms with Gasteiger partial charge in [0.15, 0.2) is 0 Å². The molecule has 0 unspecified atom stereocenters. The van der Waals surface area contributed by atoms with Crippen molar-refractivity contribution in [2.45, 2.75) is 26.2 Å². The average molecular weight is 406 g/mol. The van der Waals surface area contributed by atoms with Crippen molar-refractivity contribution in [3.63, 3.8) is 0 Å². The van der Waals surface area contributed by atoms with Crippen LogP contribution >= 0.6 is 0 Å². The summed E-state index contributed by atoms with van der Waals surface area (Å²) in [6.07, 6.45) is 2.06. The summed E-state index contributed by atoms with van der Waals surface area (Å²) in [7, 11) is 3.95. The average Bonchev–Trinajstić information content (AvgIpc) is 2.75. The van der Waals surface area contributed by atoms with E-state index in [0.717, 1.165) is 12.8 Å². The Bertz CT molecular complexity index is 804. The third-order valence-electron chi connectivity index (χ3n) is 4.36. The van der Waals surface area contributed by atoms with Gasteiger partial charge in [-0.15, -0.1) is 0 Å². The van der Waals surface area contributed by atoms with Gasteiger partial charge < -0.3 is 29.2 Å². The number of nitrogens with one attached hydrogen (secondary N) is 1. The van der Waals surface area contributed by atoms with Gasteiger partial charge in [0.2, 0.25) is 5.91 Å². The van der Waals surface area contributed by atoms with Crippen molar-refractivity contribution in [1.29, 1.82) is 0 Å². The molecule has 0 radical (unpaired) electrons. The Morgan fingerprint density at radius 1 is 1.14 bits per heavy atom. The Kier molecular flexibility index (Phi) is 8.02. The Morgan fingerprint density at radius 3 is 2.48 bits per heavy atom. The van der Waals surface area contributed by atoms with Gasteiger partial charge in [0.25, 0.3) is 0 Å². The number of unbranched alkanes of at least 4 members (excludes halogenated alkanes) is 1. The molecular formula is C20H26N2O7. The van der Waals surface area contributed by atoms with Crippen LogP contribution in [0.2, 0.25) is 0 Å². The van der Waals surface area contributed by atoms with Gasteiger partial charge in [0, 0.05) is 12.1 Å². The Hall–Kier alpha value is -3.07. The smallest absolute Gasteiger partial charge is 0.355 e. The summed E-state index contributed by atoms with van der Waals surface area (Å²) < 4.78 is 20.4. The number of carbonyl (C=O) groups excluding carboxylic acids is 3. The summed E-state index contributed by atoms with van der Waals surface area (Å²) in [5, 5.41) is 2.82. The predicted molar refractivity (Wildman–Crippen MR) is 106 cm³/mol. The highest BCUT2D eigenvalue weighted by Gasteiger charge is 2.32. The van der Waals surface area contributed by atoms with E-state index in [1.165, 1.54) is 26.2 Å². The number of ether oxygens (including phenoxy) is 4. The summed E-state index contributed by atoms with van der Waals surface area (Å²) in [5.74, 6) is -1.06. The second-order valence-corrected chi connectivity index (χ2v) is 6.25. The van der Waals surface area contributed by atoms with Crippen LogP contribution in [-0.4, -0.2) is 52.5 Å². The molecule has 0 aromatic heterocycles. The zero-order valence-electron chi connectivity index (χ0n) is 17.1. The van der Waals surface area contributed by atoms with E-state index in [2.05, 4.69) is 5.32 Å². The molecule has 1 amide bonds. The molecule has 0 fully saturated rings. The summed E-state index contributed by atoms with van der Waals surface area (Å²) in [4.78, 5) is 38.2. The van der Waals surface area contributed by atoms with Crippen molar-refractivity contribution in [2.75, 3.05) is 44.9 Å². The first-order valence-corrected chi connectivity index (χ1v) is 9.19. The fraction of sp³-hybridized carbons (Fsp3) is 0.450. The lowest BCUT2D eigenvalue weighted by Crippen LogP contribution is -2.38. The van der Waals surface area contributed by atoms with E-state index < -0.39 is 11.9 Å². The number of anilines is 2. The van der Waals surface area contributed by atoms with Crippen molar-refractivity contribution in [1.82, 2.24) is 0 Å². The lowest BCUT2D eigenvalue weighted by Gasteiger charge is -2.31. The normalized spacial score (nSPS) is 13.7. The number of esters is 2. The molecule has 0 atom stereocenters. The van der Waals surface area contributed by atoms with Crippen LogP contribution in [0.1, 0.15) is 26.2 Å². The van der Waals surface area contributed by atoms with E-state index >= 15 is 0 Å². The maximum atomic E-state index is 12.4. The van der Waals surface area contributed by atoms with Gasteiger partial charge in [0.05, 0.1) is 39.2 Å². The highest BCUT2D eigenvalue weighted by molar-refractivity contribution is 6.03. The van der Waals surface area contributed by atoms with Gasteiger partial charge in [-0.25, -0.2) is 9.59 Å². The molecule has 1 N–H and O–H groups in total. The first kappa shape index (κ1) is 22.2. The number of carbonyl (C=O) groups is 3. The van der Waals surface area contributed by atoms with Crippen LogP contribution in [0.25, 0.3) is 0 Å². The molecule has 1 aliphatic heterocycles. The molecule has 0 spiro atoms. The van der Waals surface area contributed by atoms with Crippen LogP contribution < -0.4 is 15.0 Å². The number of hydrogen-bond donors (Lipinski definition) is 1. The monoisotopic (exact) mass is 406 g/mol. The van der Waals surface area contributed by atoms with E-state index in [4.69, 9.17) is 18.9 Å². The molecule has 1 aromatic rings. The molecule has 1 aliphatic rings. The molecule has 1 aromatic carbocycles. The summed E-state index contributed by atoms with van der Waals surface area (Å²) in [5.41, 5.74) is 1.03. The Balaban J connectivity index is 2.45. The fourth-order valence-corrected chi connectivity index (χ4v) is 2.86. The van der Waals surface area contributed by atoms with Crippen LogP contribution in [0.4, 0.5) is 11.4 Å². The molecule has 2 rings (SSSR count). The predicted octanol–water partition coefficient (Wildman–Crippen LogP) is 2.22. The van der Waals surface area contributed by atoms with Crippen molar-refractivity contribution in [2.24, 2.45) is 0 Å². The number of hydrogen-bond acceptors (Lipinski definition) is 8.